The fourth-order valence-corrected chi connectivity index (χ4v) is 4.12. The van der Waals surface area contributed by atoms with Gasteiger partial charge in [0.15, 0.2) is 0 Å². The first-order valence-corrected chi connectivity index (χ1v) is 10.4. The van der Waals surface area contributed by atoms with Gasteiger partial charge in [0.1, 0.15) is 5.82 Å². The van der Waals surface area contributed by atoms with Crippen LogP contribution < -0.4 is 10.9 Å². The normalized spacial score (nSPS) is 12.0. The molecule has 3 aromatic carbocycles. The summed E-state index contributed by atoms with van der Waals surface area (Å²) in [6, 6.07) is 21.9. The number of rotatable bonds is 4. The molecule has 0 bridgehead atoms. The number of carbonyl (C=O) groups is 1. The third-order valence-electron chi connectivity index (χ3n) is 5.05. The number of hydrogen-bond donors (Lipinski definition) is 1. The lowest BCUT2D eigenvalue weighted by Crippen LogP contribution is -2.27. The third kappa shape index (κ3) is 3.78. The molecular formula is C24H20BrN3O2. The first-order chi connectivity index (χ1) is 14.5. The molecule has 4 rings (SSSR count). The summed E-state index contributed by atoms with van der Waals surface area (Å²) in [5, 5.41) is 3.57. The van der Waals surface area contributed by atoms with Crippen LogP contribution in [-0.2, 0) is 0 Å². The zero-order valence-electron chi connectivity index (χ0n) is 16.6. The Kier molecular flexibility index (Phi) is 5.50. The summed E-state index contributed by atoms with van der Waals surface area (Å²) in [6.07, 6.45) is 0. The Morgan fingerprint density at radius 3 is 2.40 bits per heavy atom. The summed E-state index contributed by atoms with van der Waals surface area (Å²) in [4.78, 5) is 30.2. The van der Waals surface area contributed by atoms with Gasteiger partial charge in [-0.15, -0.1) is 0 Å². The molecular weight excluding hydrogens is 442 g/mol. The van der Waals surface area contributed by atoms with Gasteiger partial charge in [0.2, 0.25) is 0 Å². The minimum absolute atomic E-state index is 0.127. The molecule has 30 heavy (non-hydrogen) atoms. The van der Waals surface area contributed by atoms with Gasteiger partial charge in [-0.2, -0.15) is 0 Å². The second kappa shape index (κ2) is 8.24. The van der Waals surface area contributed by atoms with Gasteiger partial charge in [-0.25, -0.2) is 4.98 Å². The summed E-state index contributed by atoms with van der Waals surface area (Å²) in [5.41, 5.74) is 2.75. The molecule has 0 radical (unpaired) electrons. The standard InChI is InChI=1S/C24H20BrN3O2/c1-15(19-7-3-5-9-21(19)25)26-23(29)17-11-13-18(14-12-17)28-16(2)27-22-10-6-4-8-20(22)24(28)30/h3-15H,1-2H3,(H,26,29). The molecule has 0 spiro atoms. The van der Waals surface area contributed by atoms with E-state index in [1.54, 1.807) is 41.8 Å². The van der Waals surface area contributed by atoms with Gasteiger partial charge in [0.25, 0.3) is 11.5 Å². The highest BCUT2D eigenvalue weighted by atomic mass is 79.9. The van der Waals surface area contributed by atoms with Crippen molar-refractivity contribution in [2.24, 2.45) is 0 Å². The fraction of sp³-hybridized carbons (Fsp3) is 0.125. The Balaban J connectivity index is 1.61. The number of nitrogens with zero attached hydrogens (tertiary/aromatic N) is 2. The van der Waals surface area contributed by atoms with Crippen LogP contribution in [0.15, 0.2) is 82.1 Å². The molecule has 0 fully saturated rings. The van der Waals surface area contributed by atoms with Crippen molar-refractivity contribution in [2.45, 2.75) is 19.9 Å². The average molecular weight is 462 g/mol. The minimum Gasteiger partial charge on any atom is -0.345 e. The lowest BCUT2D eigenvalue weighted by atomic mass is 10.1. The molecule has 150 valence electrons. The predicted molar refractivity (Wildman–Crippen MR) is 122 cm³/mol. The monoisotopic (exact) mass is 461 g/mol. The van der Waals surface area contributed by atoms with Crippen molar-refractivity contribution in [3.63, 3.8) is 0 Å². The molecule has 5 nitrogen and oxygen atoms in total. The largest absolute Gasteiger partial charge is 0.345 e. The maximum Gasteiger partial charge on any atom is 0.265 e. The van der Waals surface area contributed by atoms with E-state index in [1.165, 1.54) is 0 Å². The number of aryl methyl sites for hydroxylation is 1. The van der Waals surface area contributed by atoms with Crippen LogP contribution in [0.4, 0.5) is 0 Å². The molecule has 1 unspecified atom stereocenters. The van der Waals surface area contributed by atoms with Gasteiger partial charge in [-0.3, -0.25) is 14.2 Å². The summed E-state index contributed by atoms with van der Waals surface area (Å²) < 4.78 is 2.51. The van der Waals surface area contributed by atoms with E-state index in [-0.39, 0.29) is 17.5 Å². The molecule has 1 aromatic heterocycles. The Bertz CT molecular complexity index is 1300. The van der Waals surface area contributed by atoms with Gasteiger partial charge >= 0.3 is 0 Å². The minimum atomic E-state index is -0.175. The van der Waals surface area contributed by atoms with E-state index in [1.807, 2.05) is 49.4 Å². The molecule has 1 atom stereocenters. The smallest absolute Gasteiger partial charge is 0.265 e. The Labute approximate surface area is 182 Å². The number of halogens is 1. The molecule has 0 saturated heterocycles. The Hall–Kier alpha value is -3.25. The van der Waals surface area contributed by atoms with Gasteiger partial charge < -0.3 is 5.32 Å². The van der Waals surface area contributed by atoms with Crippen LogP contribution in [0.5, 0.6) is 0 Å². The van der Waals surface area contributed by atoms with Gasteiger partial charge in [-0.05, 0) is 61.9 Å². The summed E-state index contributed by atoms with van der Waals surface area (Å²) in [7, 11) is 0. The zero-order valence-corrected chi connectivity index (χ0v) is 18.2. The van der Waals surface area contributed by atoms with E-state index < -0.39 is 0 Å². The number of aromatic nitrogens is 2. The first kappa shape index (κ1) is 20.0. The summed E-state index contributed by atoms with van der Waals surface area (Å²) >= 11 is 3.52. The highest BCUT2D eigenvalue weighted by Gasteiger charge is 2.14. The second-order valence-electron chi connectivity index (χ2n) is 7.08. The fourth-order valence-electron chi connectivity index (χ4n) is 3.49. The quantitative estimate of drug-likeness (QED) is 0.467. The Morgan fingerprint density at radius 1 is 1.00 bits per heavy atom. The van der Waals surface area contributed by atoms with Crippen molar-refractivity contribution in [3.05, 3.63) is 105 Å². The van der Waals surface area contributed by atoms with Crippen LogP contribution in [0.1, 0.15) is 34.7 Å². The number of hydrogen-bond acceptors (Lipinski definition) is 3. The van der Waals surface area contributed by atoms with E-state index in [4.69, 9.17) is 0 Å². The lowest BCUT2D eigenvalue weighted by Gasteiger charge is -2.16. The number of fused-ring (bicyclic) bond motifs is 1. The number of carbonyl (C=O) groups excluding carboxylic acids is 1. The van der Waals surface area contributed by atoms with Crippen molar-refractivity contribution in [1.29, 1.82) is 0 Å². The van der Waals surface area contributed by atoms with E-state index in [2.05, 4.69) is 26.2 Å². The second-order valence-corrected chi connectivity index (χ2v) is 7.93. The van der Waals surface area contributed by atoms with Crippen LogP contribution in [-0.4, -0.2) is 15.5 Å². The highest BCUT2D eigenvalue weighted by molar-refractivity contribution is 9.10. The average Bonchev–Trinajstić information content (AvgIpc) is 2.74. The molecule has 0 aliphatic heterocycles. The predicted octanol–water partition coefficient (Wildman–Crippen LogP) is 4.95. The third-order valence-corrected chi connectivity index (χ3v) is 5.77. The SMILES string of the molecule is Cc1nc2ccccc2c(=O)n1-c1ccc(C(=O)NC(C)c2ccccc2Br)cc1. The summed E-state index contributed by atoms with van der Waals surface area (Å²) in [6.45, 7) is 3.74. The van der Waals surface area contributed by atoms with E-state index in [9.17, 15) is 9.59 Å². The van der Waals surface area contributed by atoms with Crippen molar-refractivity contribution in [3.8, 4) is 5.69 Å². The zero-order chi connectivity index (χ0) is 21.3. The molecule has 4 aromatic rings. The van der Waals surface area contributed by atoms with Crippen LogP contribution in [0.3, 0.4) is 0 Å². The first-order valence-electron chi connectivity index (χ1n) is 9.60. The lowest BCUT2D eigenvalue weighted by molar-refractivity contribution is 0.0940. The topological polar surface area (TPSA) is 64.0 Å². The van der Waals surface area contributed by atoms with Crippen LogP contribution in [0, 0.1) is 6.92 Å². The van der Waals surface area contributed by atoms with Crippen LogP contribution in [0.25, 0.3) is 16.6 Å². The molecule has 0 saturated carbocycles. The Morgan fingerprint density at radius 2 is 1.67 bits per heavy atom. The molecule has 1 amide bonds. The van der Waals surface area contributed by atoms with Crippen molar-refractivity contribution in [1.82, 2.24) is 14.9 Å². The van der Waals surface area contributed by atoms with E-state index >= 15 is 0 Å². The van der Waals surface area contributed by atoms with Crippen molar-refractivity contribution in [2.75, 3.05) is 0 Å². The van der Waals surface area contributed by atoms with Crippen molar-refractivity contribution < 1.29 is 4.79 Å². The summed E-state index contributed by atoms with van der Waals surface area (Å²) in [5.74, 6) is 0.420. The molecule has 0 aliphatic rings. The van der Waals surface area contributed by atoms with Gasteiger partial charge in [-0.1, -0.05) is 46.3 Å². The highest BCUT2D eigenvalue weighted by Crippen LogP contribution is 2.23. The molecule has 0 aliphatic carbocycles. The van der Waals surface area contributed by atoms with Crippen LogP contribution in [0.2, 0.25) is 0 Å². The van der Waals surface area contributed by atoms with Gasteiger partial charge in [0.05, 0.1) is 22.6 Å². The number of benzene rings is 3. The maximum atomic E-state index is 12.9. The number of amides is 1. The number of para-hydroxylation sites is 1. The van der Waals surface area contributed by atoms with Crippen LogP contribution >= 0.6 is 15.9 Å². The molecule has 1 heterocycles. The van der Waals surface area contributed by atoms with Crippen molar-refractivity contribution >= 4 is 32.7 Å². The van der Waals surface area contributed by atoms with E-state index in [0.29, 0.717) is 28.0 Å². The van der Waals surface area contributed by atoms with E-state index in [0.717, 1.165) is 10.0 Å². The molecule has 6 heteroatoms. The maximum absolute atomic E-state index is 12.9. The van der Waals surface area contributed by atoms with Gasteiger partial charge in [0, 0.05) is 10.0 Å². The molecule has 1 N–H and O–H groups in total. The number of nitrogens with one attached hydrogen (secondary N) is 1.